The average molecular weight is 734 g/mol. The summed E-state index contributed by atoms with van der Waals surface area (Å²) in [5, 5.41) is 31.0. The maximum atomic E-state index is 10.4. The van der Waals surface area contributed by atoms with E-state index >= 15 is 0 Å². The summed E-state index contributed by atoms with van der Waals surface area (Å²) in [5.41, 5.74) is 4.17. The SMILES string of the molecule is CCC(C)(CO)c1ccc(C(C)C23O[P+](CCCCCC(C)C)(OC2(c2ccc(C(C)(CC)CO)cc2)c2ccc(C(C)(CC)CO)cc2)O3)cc1. The molecule has 0 aliphatic carbocycles. The van der Waals surface area contributed by atoms with Crippen LogP contribution in [0.3, 0.4) is 0 Å². The van der Waals surface area contributed by atoms with Gasteiger partial charge in [0.1, 0.15) is 6.16 Å². The Morgan fingerprint density at radius 1 is 0.577 bits per heavy atom. The van der Waals surface area contributed by atoms with Crippen molar-refractivity contribution in [3.63, 3.8) is 0 Å². The van der Waals surface area contributed by atoms with Crippen LogP contribution in [0, 0.1) is 5.92 Å². The first-order chi connectivity index (χ1) is 24.7. The van der Waals surface area contributed by atoms with Crippen molar-refractivity contribution in [3.8, 4) is 0 Å². The van der Waals surface area contributed by atoms with E-state index in [1.165, 1.54) is 12.8 Å². The topological polar surface area (TPSA) is 88.4 Å². The Balaban J connectivity index is 1.66. The summed E-state index contributed by atoms with van der Waals surface area (Å²) in [6.07, 6.45) is 7.65. The molecule has 3 fully saturated rings. The fraction of sp³-hybridized carbons (Fsp3) is 0.600. The molecule has 286 valence electrons. The van der Waals surface area contributed by atoms with Crippen molar-refractivity contribution in [3.05, 3.63) is 106 Å². The van der Waals surface area contributed by atoms with Crippen molar-refractivity contribution in [2.75, 3.05) is 26.0 Å². The minimum atomic E-state index is -2.70. The number of hydrogen-bond acceptors (Lipinski definition) is 6. The minimum absolute atomic E-state index is 0.0645. The number of hydrogen-bond donors (Lipinski definition) is 3. The fourth-order valence-corrected chi connectivity index (χ4v) is 11.1. The van der Waals surface area contributed by atoms with Crippen LogP contribution in [-0.4, -0.2) is 47.1 Å². The van der Waals surface area contributed by atoms with E-state index in [4.69, 9.17) is 13.6 Å². The number of unbranched alkanes of at least 4 members (excludes halogenated alkanes) is 2. The molecule has 0 saturated carbocycles. The van der Waals surface area contributed by atoms with E-state index in [-0.39, 0.29) is 42.0 Å². The Hall–Kier alpha value is -2.15. The summed E-state index contributed by atoms with van der Waals surface area (Å²) in [4.78, 5) is 0. The van der Waals surface area contributed by atoms with Gasteiger partial charge in [-0.1, -0.05) is 148 Å². The number of fused-ring (bicyclic) bond motifs is 1. The second-order valence-electron chi connectivity index (χ2n) is 16.9. The summed E-state index contributed by atoms with van der Waals surface area (Å²) in [6, 6.07) is 25.7. The molecule has 6 nitrogen and oxygen atoms in total. The molecule has 3 aliphatic rings. The third-order valence-corrected chi connectivity index (χ3v) is 15.6. The summed E-state index contributed by atoms with van der Waals surface area (Å²) in [6.45, 7) is 19.6. The van der Waals surface area contributed by atoms with Crippen LogP contribution in [0.15, 0.2) is 72.8 Å². The van der Waals surface area contributed by atoms with Crippen LogP contribution in [0.1, 0.15) is 147 Å². The van der Waals surface area contributed by atoms with E-state index in [9.17, 15) is 15.3 Å². The van der Waals surface area contributed by atoms with Gasteiger partial charge in [-0.3, -0.25) is 0 Å². The van der Waals surface area contributed by atoms with Crippen molar-refractivity contribution < 1.29 is 28.9 Å². The lowest BCUT2D eigenvalue weighted by Gasteiger charge is -2.43. The standard InChI is InChI=1S/C45H66O6P/c1-10-41(7,30-46)36-19-17-35(18-20-36)34(6)45-44(39-25-21-37(22-26-39)42(8,11-2)31-47,40-27-23-38(24-28-40)43(9,12-3)32-48)49-52(50-45,51-45)29-15-13-14-16-33(4)5/h17-28,33-34,46-48H,10-16,29-32H2,1-9H3/q+1. The Morgan fingerprint density at radius 3 is 1.35 bits per heavy atom. The molecule has 7 heteroatoms. The number of aliphatic hydroxyl groups excluding tert-OH is 3. The zero-order valence-corrected chi connectivity index (χ0v) is 34.3. The van der Waals surface area contributed by atoms with E-state index < -0.39 is 19.3 Å². The quantitative estimate of drug-likeness (QED) is 0.0840. The second-order valence-corrected chi connectivity index (χ2v) is 19.1. The Bertz CT molecular complexity index is 1520. The monoisotopic (exact) mass is 733 g/mol. The first-order valence-electron chi connectivity index (χ1n) is 19.8. The normalized spacial score (nSPS) is 26.7. The molecule has 3 saturated heterocycles. The van der Waals surface area contributed by atoms with E-state index in [2.05, 4.69) is 135 Å². The van der Waals surface area contributed by atoms with Gasteiger partial charge >= 0.3 is 13.7 Å². The largest absolute Gasteiger partial charge is 0.419 e. The molecule has 0 aromatic heterocycles. The second kappa shape index (κ2) is 15.9. The summed E-state index contributed by atoms with van der Waals surface area (Å²) in [7, 11) is -2.70. The van der Waals surface area contributed by atoms with Crippen molar-refractivity contribution in [2.45, 2.75) is 141 Å². The average Bonchev–Trinajstić information content (AvgIpc) is 3.64. The first kappa shape index (κ1) is 41.0. The highest BCUT2D eigenvalue weighted by atomic mass is 31.2. The molecular weight excluding hydrogens is 667 g/mol. The molecule has 4 atom stereocenters. The van der Waals surface area contributed by atoms with Gasteiger partial charge in [0, 0.05) is 22.2 Å². The zero-order valence-electron chi connectivity index (χ0n) is 33.4. The molecule has 0 amide bonds. The summed E-state index contributed by atoms with van der Waals surface area (Å²) < 4.78 is 22.0. The molecule has 6 rings (SSSR count). The fourth-order valence-electron chi connectivity index (χ4n) is 8.00. The van der Waals surface area contributed by atoms with Crippen molar-refractivity contribution in [1.82, 2.24) is 0 Å². The Morgan fingerprint density at radius 2 is 0.981 bits per heavy atom. The highest BCUT2D eigenvalue weighted by Crippen LogP contribution is 2.90. The van der Waals surface area contributed by atoms with E-state index in [0.29, 0.717) is 5.92 Å². The van der Waals surface area contributed by atoms with Crippen LogP contribution in [-0.2, 0) is 35.4 Å². The predicted molar refractivity (Wildman–Crippen MR) is 214 cm³/mol. The maximum absolute atomic E-state index is 10.4. The van der Waals surface area contributed by atoms with Gasteiger partial charge in [-0.05, 0) is 71.4 Å². The predicted octanol–water partition coefficient (Wildman–Crippen LogP) is 10.5. The molecule has 3 N–H and O–H groups in total. The lowest BCUT2D eigenvalue weighted by atomic mass is 9.70. The van der Waals surface area contributed by atoms with Crippen LogP contribution >= 0.6 is 7.94 Å². The van der Waals surface area contributed by atoms with Crippen LogP contribution in [0.2, 0.25) is 0 Å². The van der Waals surface area contributed by atoms with Crippen LogP contribution in [0.4, 0.5) is 0 Å². The van der Waals surface area contributed by atoms with Crippen LogP contribution in [0.25, 0.3) is 0 Å². The van der Waals surface area contributed by atoms with Gasteiger partial charge in [-0.15, -0.1) is 9.05 Å². The smallest absolute Gasteiger partial charge is 0.395 e. The highest BCUT2D eigenvalue weighted by Gasteiger charge is 2.90. The summed E-state index contributed by atoms with van der Waals surface area (Å²) >= 11 is 0. The zero-order chi connectivity index (χ0) is 38.0. The van der Waals surface area contributed by atoms with Gasteiger partial charge in [0.15, 0.2) is 0 Å². The number of aliphatic hydroxyl groups is 3. The van der Waals surface area contributed by atoms with Gasteiger partial charge in [-0.2, -0.15) is 4.52 Å². The van der Waals surface area contributed by atoms with Crippen molar-refractivity contribution in [1.29, 1.82) is 0 Å². The molecule has 4 unspecified atom stereocenters. The van der Waals surface area contributed by atoms with E-state index in [0.717, 1.165) is 71.6 Å². The third kappa shape index (κ3) is 7.07. The molecule has 0 spiro atoms. The Labute approximate surface area is 314 Å². The molecule has 3 aromatic rings. The van der Waals surface area contributed by atoms with Gasteiger partial charge in [0.25, 0.3) is 0 Å². The van der Waals surface area contributed by atoms with Crippen LogP contribution in [0.5, 0.6) is 0 Å². The molecular formula is C45H66O6P+. The van der Waals surface area contributed by atoms with E-state index in [1.54, 1.807) is 0 Å². The molecule has 0 radical (unpaired) electrons. The first-order valence-corrected chi connectivity index (χ1v) is 21.6. The van der Waals surface area contributed by atoms with Gasteiger partial charge in [-0.25, -0.2) is 0 Å². The molecule has 3 heterocycles. The van der Waals surface area contributed by atoms with E-state index in [1.807, 2.05) is 0 Å². The highest BCUT2D eigenvalue weighted by molar-refractivity contribution is 7.63. The van der Waals surface area contributed by atoms with Gasteiger partial charge < -0.3 is 15.3 Å². The van der Waals surface area contributed by atoms with Gasteiger partial charge in [0.05, 0.1) is 19.8 Å². The molecule has 2 bridgehead atoms. The number of rotatable bonds is 19. The van der Waals surface area contributed by atoms with Gasteiger partial charge in [0.2, 0.25) is 5.60 Å². The minimum Gasteiger partial charge on any atom is -0.395 e. The summed E-state index contributed by atoms with van der Waals surface area (Å²) in [5.74, 6) is -0.667. The molecule has 52 heavy (non-hydrogen) atoms. The third-order valence-electron chi connectivity index (χ3n) is 13.1. The Kier molecular flexibility index (Phi) is 12.5. The molecule has 3 aliphatic heterocycles. The lowest BCUT2D eigenvalue weighted by molar-refractivity contribution is -0.217. The number of benzene rings is 3. The maximum Gasteiger partial charge on any atom is 0.419 e. The lowest BCUT2D eigenvalue weighted by Crippen LogP contribution is -2.56. The van der Waals surface area contributed by atoms with Crippen molar-refractivity contribution >= 4 is 7.94 Å². The molecule has 3 aromatic carbocycles. The van der Waals surface area contributed by atoms with Crippen molar-refractivity contribution in [2.24, 2.45) is 5.92 Å². The van der Waals surface area contributed by atoms with Crippen LogP contribution < -0.4 is 0 Å².